The number of carbonyl (C=O) groups excluding carboxylic acids is 1. The van der Waals surface area contributed by atoms with Crippen LogP contribution in [-0.2, 0) is 5.41 Å². The van der Waals surface area contributed by atoms with Gasteiger partial charge in [0.15, 0.2) is 11.2 Å². The minimum atomic E-state index is -0.514. The summed E-state index contributed by atoms with van der Waals surface area (Å²) in [5.74, 6) is -0.250. The van der Waals surface area contributed by atoms with Crippen molar-refractivity contribution in [2.75, 3.05) is 13.1 Å². The van der Waals surface area contributed by atoms with Gasteiger partial charge in [0.1, 0.15) is 11.6 Å². The van der Waals surface area contributed by atoms with Gasteiger partial charge < -0.3 is 9.88 Å². The zero-order valence-electron chi connectivity index (χ0n) is 16.6. The predicted molar refractivity (Wildman–Crippen MR) is 105 cm³/mol. The highest BCUT2D eigenvalue weighted by atomic mass is 19.1. The molecule has 8 nitrogen and oxygen atoms in total. The molecule has 1 amide bonds. The van der Waals surface area contributed by atoms with Crippen molar-refractivity contribution in [2.24, 2.45) is 0 Å². The number of amides is 1. The standard InChI is InChI=1S/C20H23FN6O2/c1-20(2,3)19-22-16-15(17(28)23-19)24-25-27(16)12-8-10-26(11-9-12)18(29)13-6-4-5-7-14(13)21/h4-7,12H,8-11H2,1-3H3,(H,22,23,28). The Hall–Kier alpha value is -3.10. The molecule has 0 bridgehead atoms. The van der Waals surface area contributed by atoms with Crippen LogP contribution in [0.25, 0.3) is 11.2 Å². The number of piperidine rings is 1. The summed E-state index contributed by atoms with van der Waals surface area (Å²) in [7, 11) is 0. The highest BCUT2D eigenvalue weighted by Crippen LogP contribution is 2.26. The maximum absolute atomic E-state index is 13.9. The number of aromatic amines is 1. The van der Waals surface area contributed by atoms with E-state index in [-0.39, 0.29) is 34.0 Å². The summed E-state index contributed by atoms with van der Waals surface area (Å²) in [6, 6.07) is 5.97. The van der Waals surface area contributed by atoms with Gasteiger partial charge in [0.05, 0.1) is 11.6 Å². The molecular weight excluding hydrogens is 375 g/mol. The van der Waals surface area contributed by atoms with Crippen molar-refractivity contribution in [1.29, 1.82) is 0 Å². The SMILES string of the molecule is CC(C)(C)c1nc2c(nnn2C2CCN(C(=O)c3ccccc3F)CC2)c(=O)[nH]1. The summed E-state index contributed by atoms with van der Waals surface area (Å²) in [6.07, 6.45) is 1.25. The molecule has 1 aromatic carbocycles. The van der Waals surface area contributed by atoms with E-state index in [0.717, 1.165) is 0 Å². The molecule has 3 heterocycles. The van der Waals surface area contributed by atoms with Crippen LogP contribution in [0.3, 0.4) is 0 Å². The van der Waals surface area contributed by atoms with Crippen LogP contribution in [0, 0.1) is 5.82 Å². The molecule has 152 valence electrons. The average molecular weight is 398 g/mol. The third-order valence-electron chi connectivity index (χ3n) is 5.25. The number of aromatic nitrogens is 5. The summed E-state index contributed by atoms with van der Waals surface area (Å²) in [5, 5.41) is 8.17. The smallest absolute Gasteiger partial charge is 0.281 e. The van der Waals surface area contributed by atoms with Crippen LogP contribution in [0.2, 0.25) is 0 Å². The van der Waals surface area contributed by atoms with Crippen LogP contribution in [0.15, 0.2) is 29.1 Å². The highest BCUT2D eigenvalue weighted by Gasteiger charge is 2.29. The molecule has 0 atom stereocenters. The molecule has 1 aliphatic rings. The molecule has 1 saturated heterocycles. The van der Waals surface area contributed by atoms with Crippen molar-refractivity contribution < 1.29 is 9.18 Å². The fraction of sp³-hybridized carbons (Fsp3) is 0.450. The fourth-order valence-corrected chi connectivity index (χ4v) is 3.56. The normalized spacial score (nSPS) is 15.8. The van der Waals surface area contributed by atoms with Crippen molar-refractivity contribution in [1.82, 2.24) is 29.9 Å². The first-order valence-electron chi connectivity index (χ1n) is 9.65. The van der Waals surface area contributed by atoms with Gasteiger partial charge in [-0.25, -0.2) is 14.1 Å². The fourth-order valence-electron chi connectivity index (χ4n) is 3.56. The Morgan fingerprint density at radius 1 is 1.21 bits per heavy atom. The molecule has 1 fully saturated rings. The van der Waals surface area contributed by atoms with Gasteiger partial charge in [0, 0.05) is 18.5 Å². The number of benzene rings is 1. The number of halogens is 1. The molecule has 0 unspecified atom stereocenters. The predicted octanol–water partition coefficient (Wildman–Crippen LogP) is 2.43. The molecular formula is C20H23FN6O2. The first kappa shape index (κ1) is 19.2. The summed E-state index contributed by atoms with van der Waals surface area (Å²) in [5.41, 5.74) is 0.122. The lowest BCUT2D eigenvalue weighted by atomic mass is 9.96. The number of likely N-dealkylation sites (tertiary alicyclic amines) is 1. The number of H-pyrrole nitrogens is 1. The monoisotopic (exact) mass is 398 g/mol. The first-order chi connectivity index (χ1) is 13.8. The van der Waals surface area contributed by atoms with Gasteiger partial charge in [0.2, 0.25) is 0 Å². The largest absolute Gasteiger partial charge is 0.338 e. The van der Waals surface area contributed by atoms with E-state index in [0.29, 0.717) is 37.4 Å². The molecule has 9 heteroatoms. The Balaban J connectivity index is 1.57. The Kier molecular flexibility index (Phi) is 4.68. The highest BCUT2D eigenvalue weighted by molar-refractivity contribution is 5.94. The number of fused-ring (bicyclic) bond motifs is 1. The van der Waals surface area contributed by atoms with Crippen LogP contribution >= 0.6 is 0 Å². The first-order valence-corrected chi connectivity index (χ1v) is 9.65. The Bertz CT molecular complexity index is 1120. The van der Waals surface area contributed by atoms with Crippen LogP contribution in [0.5, 0.6) is 0 Å². The van der Waals surface area contributed by atoms with E-state index in [2.05, 4.69) is 20.3 Å². The van der Waals surface area contributed by atoms with E-state index in [9.17, 15) is 14.0 Å². The number of carbonyl (C=O) groups is 1. The van der Waals surface area contributed by atoms with Gasteiger partial charge in [-0.05, 0) is 25.0 Å². The Morgan fingerprint density at radius 2 is 1.90 bits per heavy atom. The van der Waals surface area contributed by atoms with Gasteiger partial charge >= 0.3 is 0 Å². The molecule has 0 aliphatic carbocycles. The van der Waals surface area contributed by atoms with Crippen molar-refractivity contribution >= 4 is 17.1 Å². The minimum absolute atomic E-state index is 0.0354. The lowest BCUT2D eigenvalue weighted by molar-refractivity contribution is 0.0686. The van der Waals surface area contributed by atoms with Gasteiger partial charge in [0.25, 0.3) is 11.5 Å². The summed E-state index contributed by atoms with van der Waals surface area (Å²) >= 11 is 0. The van der Waals surface area contributed by atoms with Crippen molar-refractivity contribution in [3.05, 3.63) is 51.8 Å². The second-order valence-electron chi connectivity index (χ2n) is 8.37. The number of rotatable bonds is 2. The van der Waals surface area contributed by atoms with Crippen LogP contribution < -0.4 is 5.56 Å². The Labute approximate surface area is 166 Å². The Morgan fingerprint density at radius 3 is 2.55 bits per heavy atom. The minimum Gasteiger partial charge on any atom is -0.338 e. The molecule has 0 radical (unpaired) electrons. The van der Waals surface area contributed by atoms with E-state index in [1.807, 2.05) is 20.8 Å². The number of hydrogen-bond donors (Lipinski definition) is 1. The molecule has 0 spiro atoms. The van der Waals surface area contributed by atoms with E-state index in [1.54, 1.807) is 21.7 Å². The average Bonchev–Trinajstić information content (AvgIpc) is 3.12. The summed E-state index contributed by atoms with van der Waals surface area (Å²) in [4.78, 5) is 34.0. The molecule has 1 N–H and O–H groups in total. The quantitative estimate of drug-likeness (QED) is 0.715. The lowest BCUT2D eigenvalue weighted by Gasteiger charge is -2.32. The van der Waals surface area contributed by atoms with Crippen molar-refractivity contribution in [2.45, 2.75) is 45.1 Å². The second kappa shape index (κ2) is 7.06. The lowest BCUT2D eigenvalue weighted by Crippen LogP contribution is -2.39. The van der Waals surface area contributed by atoms with Gasteiger partial charge in [-0.15, -0.1) is 5.10 Å². The zero-order chi connectivity index (χ0) is 20.8. The van der Waals surface area contributed by atoms with E-state index >= 15 is 0 Å². The van der Waals surface area contributed by atoms with Gasteiger partial charge in [-0.2, -0.15) is 0 Å². The number of nitrogens with zero attached hydrogens (tertiary/aromatic N) is 5. The maximum Gasteiger partial charge on any atom is 0.281 e. The summed E-state index contributed by atoms with van der Waals surface area (Å²) < 4.78 is 15.6. The van der Waals surface area contributed by atoms with E-state index in [1.165, 1.54) is 12.1 Å². The van der Waals surface area contributed by atoms with Crippen LogP contribution in [0.4, 0.5) is 4.39 Å². The number of hydrogen-bond acceptors (Lipinski definition) is 5. The van der Waals surface area contributed by atoms with Crippen LogP contribution in [-0.4, -0.2) is 48.9 Å². The van der Waals surface area contributed by atoms with Crippen molar-refractivity contribution in [3.63, 3.8) is 0 Å². The molecule has 0 saturated carbocycles. The molecule has 29 heavy (non-hydrogen) atoms. The maximum atomic E-state index is 13.9. The third-order valence-corrected chi connectivity index (χ3v) is 5.25. The summed E-state index contributed by atoms with van der Waals surface area (Å²) in [6.45, 7) is 6.84. The molecule has 2 aromatic heterocycles. The molecule has 1 aliphatic heterocycles. The third kappa shape index (κ3) is 3.52. The number of nitrogens with one attached hydrogen (secondary N) is 1. The molecule has 3 aromatic rings. The van der Waals surface area contributed by atoms with Gasteiger partial charge in [-0.3, -0.25) is 9.59 Å². The van der Waals surface area contributed by atoms with Gasteiger partial charge in [-0.1, -0.05) is 38.1 Å². The van der Waals surface area contributed by atoms with Crippen LogP contribution in [0.1, 0.15) is 55.8 Å². The molecule has 4 rings (SSSR count). The second-order valence-corrected chi connectivity index (χ2v) is 8.37. The van der Waals surface area contributed by atoms with E-state index < -0.39 is 5.82 Å². The topological polar surface area (TPSA) is 96.8 Å². The zero-order valence-corrected chi connectivity index (χ0v) is 16.6. The van der Waals surface area contributed by atoms with E-state index in [4.69, 9.17) is 0 Å². The van der Waals surface area contributed by atoms with Crippen molar-refractivity contribution in [3.8, 4) is 0 Å².